The number of amides is 1. The lowest BCUT2D eigenvalue weighted by molar-refractivity contribution is -0.117. The molecule has 0 aromatic carbocycles. The molecule has 0 saturated heterocycles. The first-order valence-electron chi connectivity index (χ1n) is 9.26. The van der Waals surface area contributed by atoms with Gasteiger partial charge in [0.2, 0.25) is 5.91 Å². The van der Waals surface area contributed by atoms with Gasteiger partial charge in [-0.05, 0) is 55.5 Å². The zero-order valence-corrected chi connectivity index (χ0v) is 15.0. The van der Waals surface area contributed by atoms with Gasteiger partial charge in [0, 0.05) is 24.2 Å². The molecular formula is C19H21N5O3. The minimum Gasteiger partial charge on any atom is -0.472 e. The molecule has 0 unspecified atom stereocenters. The van der Waals surface area contributed by atoms with Gasteiger partial charge in [0.1, 0.15) is 11.9 Å². The Labute approximate surface area is 155 Å². The summed E-state index contributed by atoms with van der Waals surface area (Å²) in [7, 11) is 0. The van der Waals surface area contributed by atoms with Gasteiger partial charge in [-0.2, -0.15) is 5.10 Å². The van der Waals surface area contributed by atoms with Crippen molar-refractivity contribution in [2.75, 3.05) is 5.32 Å². The number of pyridine rings is 1. The quantitative estimate of drug-likeness (QED) is 0.717. The fraction of sp³-hybridized carbons (Fsp3) is 0.421. The van der Waals surface area contributed by atoms with Crippen molar-refractivity contribution in [2.24, 2.45) is 11.7 Å². The van der Waals surface area contributed by atoms with Crippen LogP contribution in [0.1, 0.15) is 31.4 Å². The number of carbonyl (C=O) groups excluding carboxylic acids is 1. The van der Waals surface area contributed by atoms with Gasteiger partial charge >= 0.3 is 0 Å². The molecule has 0 radical (unpaired) electrons. The Bertz CT molecular complexity index is 1010. The van der Waals surface area contributed by atoms with Crippen LogP contribution in [0.3, 0.4) is 0 Å². The summed E-state index contributed by atoms with van der Waals surface area (Å²) < 4.78 is 13.1. The molecule has 0 atom stereocenters. The molecule has 8 nitrogen and oxygen atoms in total. The molecule has 2 saturated carbocycles. The lowest BCUT2D eigenvalue weighted by Gasteiger charge is -2.31. The van der Waals surface area contributed by atoms with E-state index in [2.05, 4.69) is 15.6 Å². The first-order valence-corrected chi connectivity index (χ1v) is 9.26. The van der Waals surface area contributed by atoms with E-state index in [0.717, 1.165) is 42.3 Å². The highest BCUT2D eigenvalue weighted by atomic mass is 16.5. The van der Waals surface area contributed by atoms with Crippen LogP contribution < -0.4 is 15.8 Å². The summed E-state index contributed by atoms with van der Waals surface area (Å²) in [6.07, 6.45) is 5.53. The number of aryl methyl sites for hydroxylation is 1. The fourth-order valence-electron chi connectivity index (χ4n) is 3.40. The van der Waals surface area contributed by atoms with Crippen LogP contribution in [0.25, 0.3) is 16.6 Å². The Balaban J connectivity index is 1.43. The van der Waals surface area contributed by atoms with E-state index in [9.17, 15) is 4.79 Å². The SMILES string of the molecule is Cc1onc(OC2CC(N)C2)c1-c1ccn2nc(NC(=O)C3CC3)cc2c1. The van der Waals surface area contributed by atoms with Gasteiger partial charge in [0.15, 0.2) is 5.82 Å². The van der Waals surface area contributed by atoms with Crippen molar-refractivity contribution in [3.63, 3.8) is 0 Å². The van der Waals surface area contributed by atoms with E-state index in [1.807, 2.05) is 31.3 Å². The standard InChI is InChI=1S/C19H21N5O3/c1-10-17(19(23-27-10)26-15-7-13(20)8-15)12-4-5-24-14(6-12)9-16(22-24)21-18(25)11-2-3-11/h4-6,9,11,13,15H,2-3,7-8,20H2,1H3,(H,21,22,25). The van der Waals surface area contributed by atoms with Crippen LogP contribution in [0, 0.1) is 12.8 Å². The van der Waals surface area contributed by atoms with E-state index < -0.39 is 0 Å². The summed E-state index contributed by atoms with van der Waals surface area (Å²) in [5.41, 5.74) is 8.47. The molecule has 5 rings (SSSR count). The van der Waals surface area contributed by atoms with E-state index in [4.69, 9.17) is 15.0 Å². The van der Waals surface area contributed by atoms with Gasteiger partial charge in [0.25, 0.3) is 5.88 Å². The summed E-state index contributed by atoms with van der Waals surface area (Å²) in [6.45, 7) is 1.86. The number of fused-ring (bicyclic) bond motifs is 1. The van der Waals surface area contributed by atoms with Crippen LogP contribution in [-0.2, 0) is 4.79 Å². The number of hydrogen-bond donors (Lipinski definition) is 2. The van der Waals surface area contributed by atoms with Gasteiger partial charge in [-0.3, -0.25) is 4.79 Å². The Morgan fingerprint density at radius 3 is 2.93 bits per heavy atom. The molecule has 0 aliphatic heterocycles. The van der Waals surface area contributed by atoms with Gasteiger partial charge in [-0.25, -0.2) is 4.52 Å². The highest BCUT2D eigenvalue weighted by Crippen LogP contribution is 2.36. The van der Waals surface area contributed by atoms with E-state index in [1.54, 1.807) is 4.52 Å². The van der Waals surface area contributed by atoms with Crippen molar-refractivity contribution in [3.8, 4) is 17.0 Å². The average molecular weight is 367 g/mol. The van der Waals surface area contributed by atoms with Crippen molar-refractivity contribution in [1.82, 2.24) is 14.8 Å². The van der Waals surface area contributed by atoms with Crippen molar-refractivity contribution < 1.29 is 14.1 Å². The van der Waals surface area contributed by atoms with E-state index in [0.29, 0.717) is 17.5 Å². The molecule has 2 fully saturated rings. The zero-order valence-electron chi connectivity index (χ0n) is 15.0. The van der Waals surface area contributed by atoms with Crippen LogP contribution in [-0.4, -0.2) is 32.8 Å². The van der Waals surface area contributed by atoms with Crippen LogP contribution >= 0.6 is 0 Å². The number of aromatic nitrogens is 3. The number of nitrogens with zero attached hydrogens (tertiary/aromatic N) is 3. The van der Waals surface area contributed by atoms with Gasteiger partial charge in [0.05, 0.1) is 11.1 Å². The third kappa shape index (κ3) is 3.06. The minimum absolute atomic E-state index is 0.0444. The normalized spacial score (nSPS) is 21.9. The molecule has 8 heteroatoms. The maximum absolute atomic E-state index is 11.9. The Morgan fingerprint density at radius 2 is 2.19 bits per heavy atom. The summed E-state index contributed by atoms with van der Waals surface area (Å²) >= 11 is 0. The van der Waals surface area contributed by atoms with Gasteiger partial charge in [-0.1, -0.05) is 0 Å². The van der Waals surface area contributed by atoms with E-state index in [-0.39, 0.29) is 24.0 Å². The third-order valence-corrected chi connectivity index (χ3v) is 5.19. The Morgan fingerprint density at radius 1 is 1.37 bits per heavy atom. The van der Waals surface area contributed by atoms with Crippen molar-refractivity contribution >= 4 is 17.2 Å². The summed E-state index contributed by atoms with van der Waals surface area (Å²) in [6, 6.07) is 5.99. The monoisotopic (exact) mass is 367 g/mol. The number of rotatable bonds is 5. The molecule has 3 aromatic heterocycles. The van der Waals surface area contributed by atoms with E-state index >= 15 is 0 Å². The predicted octanol–water partition coefficient (Wildman–Crippen LogP) is 2.51. The number of carbonyl (C=O) groups is 1. The molecule has 0 bridgehead atoms. The first-order chi connectivity index (χ1) is 13.1. The molecule has 0 spiro atoms. The summed E-state index contributed by atoms with van der Waals surface area (Å²) in [4.78, 5) is 11.9. The number of hydrogen-bond acceptors (Lipinski definition) is 6. The lowest BCUT2D eigenvalue weighted by Crippen LogP contribution is -2.43. The summed E-state index contributed by atoms with van der Waals surface area (Å²) in [5.74, 6) is 1.94. The highest BCUT2D eigenvalue weighted by Gasteiger charge is 2.31. The lowest BCUT2D eigenvalue weighted by atomic mass is 9.90. The molecule has 3 heterocycles. The molecule has 3 aromatic rings. The molecule has 2 aliphatic carbocycles. The van der Waals surface area contributed by atoms with Crippen LogP contribution in [0.15, 0.2) is 28.9 Å². The number of anilines is 1. The van der Waals surface area contributed by atoms with Gasteiger partial charge < -0.3 is 20.3 Å². The van der Waals surface area contributed by atoms with Crippen LogP contribution in [0.4, 0.5) is 5.82 Å². The highest BCUT2D eigenvalue weighted by molar-refractivity contribution is 5.93. The summed E-state index contributed by atoms with van der Waals surface area (Å²) in [5, 5.41) is 11.4. The van der Waals surface area contributed by atoms with Gasteiger partial charge in [-0.15, -0.1) is 0 Å². The van der Waals surface area contributed by atoms with Crippen LogP contribution in [0.2, 0.25) is 0 Å². The van der Waals surface area contributed by atoms with Crippen LogP contribution in [0.5, 0.6) is 5.88 Å². The fourth-order valence-corrected chi connectivity index (χ4v) is 3.40. The van der Waals surface area contributed by atoms with E-state index in [1.165, 1.54) is 0 Å². The Hall–Kier alpha value is -2.87. The molecule has 140 valence electrons. The maximum Gasteiger partial charge on any atom is 0.262 e. The molecule has 27 heavy (non-hydrogen) atoms. The zero-order chi connectivity index (χ0) is 18.5. The second-order valence-electron chi connectivity index (χ2n) is 7.47. The number of nitrogens with two attached hydrogens (primary N) is 1. The second-order valence-corrected chi connectivity index (χ2v) is 7.47. The number of nitrogens with one attached hydrogen (secondary N) is 1. The average Bonchev–Trinajstić information content (AvgIpc) is 3.30. The maximum atomic E-state index is 11.9. The molecular weight excluding hydrogens is 346 g/mol. The predicted molar refractivity (Wildman–Crippen MR) is 98.4 cm³/mol. The first kappa shape index (κ1) is 16.3. The topological polar surface area (TPSA) is 108 Å². The minimum atomic E-state index is 0.0444. The third-order valence-electron chi connectivity index (χ3n) is 5.19. The molecule has 1 amide bonds. The largest absolute Gasteiger partial charge is 0.472 e. The molecule has 2 aliphatic rings. The second kappa shape index (κ2) is 6.09. The van der Waals surface area contributed by atoms with Crippen molar-refractivity contribution in [3.05, 3.63) is 30.2 Å². The molecule has 3 N–H and O–H groups in total. The Kier molecular flexibility index (Phi) is 3.68. The van der Waals surface area contributed by atoms with Crippen molar-refractivity contribution in [1.29, 1.82) is 0 Å². The number of ether oxygens (including phenoxy) is 1. The van der Waals surface area contributed by atoms with Crippen molar-refractivity contribution in [2.45, 2.75) is 44.8 Å². The smallest absolute Gasteiger partial charge is 0.262 e.